The number of nitrogens with zero attached hydrogens (tertiary/aromatic N) is 2. The van der Waals surface area contributed by atoms with Gasteiger partial charge < -0.3 is 16.2 Å². The molecule has 0 saturated carbocycles. The first-order valence-corrected chi connectivity index (χ1v) is 7.84. The summed E-state index contributed by atoms with van der Waals surface area (Å²) in [5, 5.41) is 2.59. The molecule has 1 aliphatic heterocycles. The number of para-hydroxylation sites is 1. The number of rotatable bonds is 5. The molecule has 5 N–H and O–H groups in total. The normalized spacial score (nSPS) is 21.8. The first kappa shape index (κ1) is 18.4. The van der Waals surface area contributed by atoms with E-state index in [9.17, 15) is 14.4 Å². The molecule has 0 radical (unpaired) electrons. The molecule has 0 aliphatic carbocycles. The maximum absolute atomic E-state index is 12.6. The van der Waals surface area contributed by atoms with Crippen LogP contribution < -0.4 is 16.8 Å². The predicted molar refractivity (Wildman–Crippen MR) is 91.4 cm³/mol. The van der Waals surface area contributed by atoms with Gasteiger partial charge in [0.25, 0.3) is 0 Å². The third-order valence-corrected chi connectivity index (χ3v) is 4.08. The fraction of sp³-hybridized carbons (Fsp3) is 0.375. The molecule has 0 unspecified atom stereocenters. The minimum Gasteiger partial charge on any atom is -0.423 e. The van der Waals surface area contributed by atoms with Gasteiger partial charge in [-0.15, -0.1) is 0 Å². The second-order valence-corrected chi connectivity index (χ2v) is 5.74. The smallest absolute Gasteiger partial charge is 0.423 e. The Balaban J connectivity index is 2.05. The van der Waals surface area contributed by atoms with Crippen LogP contribution in [0.5, 0.6) is 0 Å². The van der Waals surface area contributed by atoms with Crippen molar-refractivity contribution in [3.8, 4) is 0 Å². The number of nitrogens with two attached hydrogens (primary N) is 2. The fourth-order valence-corrected chi connectivity index (χ4v) is 2.79. The number of benzene rings is 1. The number of likely N-dealkylation sites (tertiary alicyclic amines) is 1. The maximum Gasteiger partial charge on any atom is 0.532 e. The van der Waals surface area contributed by atoms with E-state index >= 15 is 0 Å². The van der Waals surface area contributed by atoms with E-state index in [-0.39, 0.29) is 12.5 Å². The molecule has 9 heteroatoms. The molecule has 9 nitrogen and oxygen atoms in total. The van der Waals surface area contributed by atoms with Gasteiger partial charge in [0.1, 0.15) is 12.5 Å². The number of ether oxygens (including phenoxy) is 1. The third-order valence-electron chi connectivity index (χ3n) is 4.08. The van der Waals surface area contributed by atoms with Crippen molar-refractivity contribution in [2.24, 2.45) is 22.4 Å². The number of imide groups is 3. The summed E-state index contributed by atoms with van der Waals surface area (Å²) in [7, 11) is 1.15. The monoisotopic (exact) mass is 348 g/mol. The number of hydrogen-bond donors (Lipinski definition) is 3. The second-order valence-electron chi connectivity index (χ2n) is 5.74. The van der Waals surface area contributed by atoms with E-state index in [2.05, 4.69) is 15.0 Å². The Morgan fingerprint density at radius 2 is 2.00 bits per heavy atom. The quantitative estimate of drug-likeness (QED) is 0.239. The molecule has 0 bridgehead atoms. The number of urea groups is 1. The average molecular weight is 348 g/mol. The number of carbonyl (C=O) groups is 3. The molecule has 25 heavy (non-hydrogen) atoms. The number of guanidine groups is 1. The molecule has 1 saturated heterocycles. The van der Waals surface area contributed by atoms with Gasteiger partial charge in [-0.2, -0.15) is 4.79 Å². The lowest BCUT2D eigenvalue weighted by Crippen LogP contribution is -2.74. The number of nitrogens with one attached hydrogen (secondary N) is 1. The Morgan fingerprint density at radius 1 is 1.32 bits per heavy atom. The first-order valence-electron chi connectivity index (χ1n) is 7.84. The minimum atomic E-state index is -0.988. The number of aliphatic imine (C=N–C) groups is 1. The van der Waals surface area contributed by atoms with Crippen LogP contribution in [-0.2, 0) is 9.53 Å². The molecular weight excluding hydrogens is 326 g/mol. The summed E-state index contributed by atoms with van der Waals surface area (Å²) in [6.07, 6.45) is 0.181. The molecule has 1 aromatic rings. The van der Waals surface area contributed by atoms with Crippen molar-refractivity contribution < 1.29 is 23.6 Å². The number of β-lactam (4-membered cyclic amide) rings is 1. The van der Waals surface area contributed by atoms with Gasteiger partial charge >= 0.3 is 18.0 Å². The van der Waals surface area contributed by atoms with E-state index in [1.807, 2.05) is 0 Å². The molecular formula is C16H22N5O4+. The van der Waals surface area contributed by atoms with Gasteiger partial charge in [0.2, 0.25) is 0 Å². The van der Waals surface area contributed by atoms with Gasteiger partial charge in [-0.1, -0.05) is 22.7 Å². The Bertz CT molecular complexity index is 687. The topological polar surface area (TPSA) is 137 Å². The highest BCUT2D eigenvalue weighted by atomic mass is 16.6. The Morgan fingerprint density at radius 3 is 2.56 bits per heavy atom. The van der Waals surface area contributed by atoms with Gasteiger partial charge in [-0.3, -0.25) is 10.3 Å². The van der Waals surface area contributed by atoms with E-state index in [1.54, 1.807) is 30.3 Å². The first-order chi connectivity index (χ1) is 11.9. The summed E-state index contributed by atoms with van der Waals surface area (Å²) in [4.78, 5) is 41.1. The van der Waals surface area contributed by atoms with Gasteiger partial charge in [-0.25, -0.2) is 9.59 Å². The Labute approximate surface area is 145 Å². The molecule has 134 valence electrons. The van der Waals surface area contributed by atoms with Crippen LogP contribution in [0, 0.1) is 5.92 Å². The second kappa shape index (κ2) is 7.75. The lowest BCUT2D eigenvalue weighted by atomic mass is 9.90. The van der Waals surface area contributed by atoms with Crippen LogP contribution >= 0.6 is 0 Å². The summed E-state index contributed by atoms with van der Waals surface area (Å²) in [5.41, 5.74) is 11.0. The summed E-state index contributed by atoms with van der Waals surface area (Å²) in [5.74, 6) is -0.901. The standard InChI is InChI=1S/C16H21N5O4/c1-25-16(24)21(15(23)20-12-7-3-2-4-8-12)10-11(13(21)22)6-5-9-19-14(17)18/h2-4,7-8,11H,5-6,9-10H2,1H3,(H4-,17,18,19,20,23)/p+1/t11-,21-/m1/s1. The van der Waals surface area contributed by atoms with Gasteiger partial charge in [0.05, 0.1) is 7.11 Å². The molecule has 1 fully saturated rings. The van der Waals surface area contributed by atoms with Gasteiger partial charge in [0.15, 0.2) is 5.96 Å². The molecule has 2 atom stereocenters. The largest absolute Gasteiger partial charge is 0.532 e. The number of hydrogen-bond acceptors (Lipinski definition) is 5. The van der Waals surface area contributed by atoms with Crippen LogP contribution in [0.1, 0.15) is 12.8 Å². The van der Waals surface area contributed by atoms with E-state index in [4.69, 9.17) is 11.5 Å². The molecule has 1 aliphatic rings. The van der Waals surface area contributed by atoms with Crippen LogP contribution in [0.2, 0.25) is 0 Å². The zero-order valence-electron chi connectivity index (χ0n) is 14.0. The maximum atomic E-state index is 12.6. The summed E-state index contributed by atoms with van der Waals surface area (Å²) >= 11 is 0. The van der Waals surface area contributed by atoms with E-state index < -0.39 is 28.4 Å². The molecule has 2 rings (SSSR count). The van der Waals surface area contributed by atoms with E-state index in [0.29, 0.717) is 25.1 Å². The minimum absolute atomic E-state index is 0.0122. The van der Waals surface area contributed by atoms with Crippen LogP contribution in [-0.4, -0.2) is 48.7 Å². The molecule has 0 spiro atoms. The fourth-order valence-electron chi connectivity index (χ4n) is 2.79. The summed E-state index contributed by atoms with van der Waals surface area (Å²) < 4.78 is 3.70. The van der Waals surface area contributed by atoms with Gasteiger partial charge in [-0.05, 0) is 25.0 Å². The van der Waals surface area contributed by atoms with Crippen LogP contribution in [0.3, 0.4) is 0 Å². The highest BCUT2D eigenvalue weighted by Gasteiger charge is 2.66. The predicted octanol–water partition coefficient (Wildman–Crippen LogP) is 1.01. The van der Waals surface area contributed by atoms with Crippen molar-refractivity contribution in [2.45, 2.75) is 12.8 Å². The zero-order chi connectivity index (χ0) is 18.4. The zero-order valence-corrected chi connectivity index (χ0v) is 14.0. The molecule has 1 aromatic carbocycles. The molecule has 0 aromatic heterocycles. The van der Waals surface area contributed by atoms with Crippen molar-refractivity contribution >= 4 is 29.7 Å². The van der Waals surface area contributed by atoms with Gasteiger partial charge in [0, 0.05) is 12.2 Å². The SMILES string of the molecule is COC(=O)[N@+]1(C(=O)Nc2ccccc2)C[C@@H](CCCN=C(N)N)C1=O. The van der Waals surface area contributed by atoms with E-state index in [0.717, 1.165) is 7.11 Å². The van der Waals surface area contributed by atoms with Crippen molar-refractivity contribution in [1.29, 1.82) is 0 Å². The lowest BCUT2D eigenvalue weighted by Gasteiger charge is -2.40. The van der Waals surface area contributed by atoms with Crippen molar-refractivity contribution in [3.63, 3.8) is 0 Å². The average Bonchev–Trinajstić information content (AvgIpc) is 2.60. The van der Waals surface area contributed by atoms with Crippen LogP contribution in [0.15, 0.2) is 35.3 Å². The van der Waals surface area contributed by atoms with Crippen molar-refractivity contribution in [2.75, 3.05) is 25.5 Å². The Hall–Kier alpha value is -2.94. The lowest BCUT2D eigenvalue weighted by molar-refractivity contribution is -0.737. The number of methoxy groups -OCH3 is 1. The van der Waals surface area contributed by atoms with Crippen LogP contribution in [0.25, 0.3) is 0 Å². The number of quaternary nitrogens is 1. The molecule has 4 amide bonds. The number of anilines is 1. The van der Waals surface area contributed by atoms with E-state index in [1.165, 1.54) is 0 Å². The van der Waals surface area contributed by atoms with Crippen LogP contribution in [0.4, 0.5) is 15.3 Å². The summed E-state index contributed by atoms with van der Waals surface area (Å²) in [6.45, 7) is 0.451. The highest BCUT2D eigenvalue weighted by molar-refractivity contribution is 6.03. The number of amides is 4. The third kappa shape index (κ3) is 3.77. The van der Waals surface area contributed by atoms with Crippen molar-refractivity contribution in [1.82, 2.24) is 0 Å². The molecule has 1 heterocycles. The summed E-state index contributed by atoms with van der Waals surface area (Å²) in [6, 6.07) is 7.89. The Kier molecular flexibility index (Phi) is 5.71. The number of carbonyl (C=O) groups excluding carboxylic acids is 3. The highest BCUT2D eigenvalue weighted by Crippen LogP contribution is 2.33. The van der Waals surface area contributed by atoms with Crippen molar-refractivity contribution in [3.05, 3.63) is 30.3 Å².